The lowest BCUT2D eigenvalue weighted by atomic mass is 10.2. The van der Waals surface area contributed by atoms with Crippen LogP contribution < -0.4 is 10.4 Å². The zero-order valence-corrected chi connectivity index (χ0v) is 10.9. The minimum absolute atomic E-state index is 0.0933. The topological polar surface area (TPSA) is 90.9 Å². The number of rotatable bonds is 6. The number of aliphatic carboxylic acids is 1. The molecule has 1 aliphatic heterocycles. The number of thioether (sulfide) groups is 1. The zero-order chi connectivity index (χ0) is 12.2. The molecule has 0 radical (unpaired) electrons. The van der Waals surface area contributed by atoms with Gasteiger partial charge < -0.3 is 15.2 Å². The summed E-state index contributed by atoms with van der Waals surface area (Å²) in [5, 5.41) is 12.5. The summed E-state index contributed by atoms with van der Waals surface area (Å²) in [5.74, 6) is -0.0837. The van der Waals surface area contributed by atoms with Gasteiger partial charge in [0.2, 0.25) is 0 Å². The van der Waals surface area contributed by atoms with E-state index in [2.05, 4.69) is 0 Å². The van der Waals surface area contributed by atoms with Gasteiger partial charge in [0.1, 0.15) is 17.8 Å². The number of carbonyl (C=O) groups is 1. The van der Waals surface area contributed by atoms with E-state index >= 15 is 0 Å². The summed E-state index contributed by atoms with van der Waals surface area (Å²) in [7, 11) is -2.94. The van der Waals surface area contributed by atoms with E-state index in [4.69, 9.17) is 0 Å². The number of carboxylic acids is 1. The van der Waals surface area contributed by atoms with Crippen LogP contribution in [0, 0.1) is 0 Å². The SMILES string of the molecule is CSCC[C@@H]([NH2+][C@H]1CCS(=O)(=O)C1)C(=O)[O-]. The van der Waals surface area contributed by atoms with Crippen LogP contribution in [0.1, 0.15) is 12.8 Å². The number of carboxylic acid groups (broad SMARTS) is 1. The van der Waals surface area contributed by atoms with Crippen molar-refractivity contribution in [3.05, 3.63) is 0 Å². The molecule has 1 rings (SSSR count). The highest BCUT2D eigenvalue weighted by molar-refractivity contribution is 7.98. The standard InChI is InChI=1S/C9H17NO4S2/c1-15-4-2-8(9(11)12)10-7-3-5-16(13,14)6-7/h7-8,10H,2-6H2,1H3,(H,11,12)/t7-,8+/m0/s1. The molecule has 1 fully saturated rings. The highest BCUT2D eigenvalue weighted by atomic mass is 32.2. The van der Waals surface area contributed by atoms with Crippen LogP contribution in [-0.2, 0) is 14.6 Å². The van der Waals surface area contributed by atoms with Crippen molar-refractivity contribution in [2.75, 3.05) is 23.5 Å². The first-order chi connectivity index (χ1) is 7.44. The fraction of sp³-hybridized carbons (Fsp3) is 0.889. The van der Waals surface area contributed by atoms with E-state index in [0.717, 1.165) is 5.75 Å². The highest BCUT2D eigenvalue weighted by Crippen LogP contribution is 2.08. The molecule has 0 aromatic heterocycles. The fourth-order valence-electron chi connectivity index (χ4n) is 1.84. The molecule has 5 nitrogen and oxygen atoms in total. The van der Waals surface area contributed by atoms with Crippen molar-refractivity contribution >= 4 is 27.6 Å². The number of sulfone groups is 1. The Kier molecular flexibility index (Phi) is 5.07. The molecule has 0 aromatic carbocycles. The van der Waals surface area contributed by atoms with Crippen molar-refractivity contribution in [1.82, 2.24) is 0 Å². The summed E-state index contributed by atoms with van der Waals surface area (Å²) in [4.78, 5) is 10.9. The van der Waals surface area contributed by atoms with Crippen molar-refractivity contribution in [2.24, 2.45) is 0 Å². The molecule has 94 valence electrons. The van der Waals surface area contributed by atoms with E-state index < -0.39 is 21.8 Å². The summed E-state index contributed by atoms with van der Waals surface area (Å²) >= 11 is 1.58. The molecule has 0 aliphatic carbocycles. The van der Waals surface area contributed by atoms with Crippen molar-refractivity contribution in [1.29, 1.82) is 0 Å². The molecule has 0 aromatic rings. The van der Waals surface area contributed by atoms with Crippen LogP contribution in [0.15, 0.2) is 0 Å². The summed E-state index contributed by atoms with van der Waals surface area (Å²) in [6, 6.07) is -0.736. The molecule has 0 bridgehead atoms. The van der Waals surface area contributed by atoms with E-state index in [1.165, 1.54) is 0 Å². The maximum atomic E-state index is 11.2. The Labute approximate surface area is 99.9 Å². The number of carbonyl (C=O) groups excluding carboxylic acids is 1. The summed E-state index contributed by atoms with van der Waals surface area (Å²) in [6.45, 7) is 0. The maximum Gasteiger partial charge on any atom is 0.156 e. The van der Waals surface area contributed by atoms with E-state index in [9.17, 15) is 18.3 Å². The van der Waals surface area contributed by atoms with Gasteiger partial charge in [0.05, 0.1) is 11.7 Å². The molecule has 2 atom stereocenters. The van der Waals surface area contributed by atoms with Crippen LogP contribution >= 0.6 is 11.8 Å². The second-order valence-electron chi connectivity index (χ2n) is 4.06. The lowest BCUT2D eigenvalue weighted by Crippen LogP contribution is -2.98. The average molecular weight is 267 g/mol. The molecule has 0 saturated carbocycles. The highest BCUT2D eigenvalue weighted by Gasteiger charge is 2.32. The minimum Gasteiger partial charge on any atom is -0.544 e. The number of hydrogen-bond donors (Lipinski definition) is 1. The van der Waals surface area contributed by atoms with Crippen LogP contribution in [0.5, 0.6) is 0 Å². The van der Waals surface area contributed by atoms with Gasteiger partial charge in [-0.1, -0.05) is 0 Å². The molecule has 0 spiro atoms. The van der Waals surface area contributed by atoms with Gasteiger partial charge in [0, 0.05) is 12.8 Å². The molecule has 1 saturated heterocycles. The van der Waals surface area contributed by atoms with Gasteiger partial charge in [-0.15, -0.1) is 0 Å². The van der Waals surface area contributed by atoms with Gasteiger partial charge >= 0.3 is 0 Å². The van der Waals surface area contributed by atoms with Gasteiger partial charge in [-0.3, -0.25) is 0 Å². The minimum atomic E-state index is -2.94. The molecule has 0 amide bonds. The largest absolute Gasteiger partial charge is 0.544 e. The Morgan fingerprint density at radius 1 is 1.62 bits per heavy atom. The third kappa shape index (κ3) is 4.31. The van der Waals surface area contributed by atoms with Gasteiger partial charge in [-0.2, -0.15) is 11.8 Å². The third-order valence-electron chi connectivity index (χ3n) is 2.71. The Bertz CT molecular complexity index is 341. The van der Waals surface area contributed by atoms with Crippen LogP contribution in [0.4, 0.5) is 0 Å². The van der Waals surface area contributed by atoms with Crippen molar-refractivity contribution in [3.8, 4) is 0 Å². The van der Waals surface area contributed by atoms with Crippen LogP contribution in [0.25, 0.3) is 0 Å². The molecule has 16 heavy (non-hydrogen) atoms. The van der Waals surface area contributed by atoms with E-state index in [0.29, 0.717) is 12.8 Å². The quantitative estimate of drug-likeness (QED) is 0.580. The van der Waals surface area contributed by atoms with E-state index in [1.807, 2.05) is 6.26 Å². The Balaban J connectivity index is 2.46. The number of hydrogen-bond acceptors (Lipinski definition) is 5. The van der Waals surface area contributed by atoms with Crippen LogP contribution in [0.2, 0.25) is 0 Å². The molecular weight excluding hydrogens is 250 g/mol. The molecular formula is C9H17NO4S2. The first kappa shape index (κ1) is 13.8. The number of nitrogens with two attached hydrogens (primary N) is 1. The lowest BCUT2D eigenvalue weighted by molar-refractivity contribution is -0.710. The Morgan fingerprint density at radius 3 is 2.75 bits per heavy atom. The van der Waals surface area contributed by atoms with E-state index in [-0.39, 0.29) is 17.5 Å². The Morgan fingerprint density at radius 2 is 2.31 bits per heavy atom. The van der Waals surface area contributed by atoms with Crippen molar-refractivity contribution in [2.45, 2.75) is 24.9 Å². The molecule has 1 heterocycles. The average Bonchev–Trinajstić information content (AvgIpc) is 2.52. The third-order valence-corrected chi connectivity index (χ3v) is 5.15. The molecule has 7 heteroatoms. The van der Waals surface area contributed by atoms with Crippen LogP contribution in [0.3, 0.4) is 0 Å². The van der Waals surface area contributed by atoms with Gasteiger partial charge in [-0.05, 0) is 12.0 Å². The monoisotopic (exact) mass is 267 g/mol. The Hall–Kier alpha value is -0.270. The summed E-state index contributed by atoms with van der Waals surface area (Å²) < 4.78 is 22.4. The summed E-state index contributed by atoms with van der Waals surface area (Å²) in [6.07, 6.45) is 2.97. The first-order valence-corrected chi connectivity index (χ1v) is 8.41. The molecule has 0 unspecified atom stereocenters. The zero-order valence-electron chi connectivity index (χ0n) is 9.22. The first-order valence-electron chi connectivity index (χ1n) is 5.20. The van der Waals surface area contributed by atoms with Gasteiger partial charge in [0.15, 0.2) is 9.84 Å². The maximum absolute atomic E-state index is 11.2. The number of quaternary nitrogens is 1. The van der Waals surface area contributed by atoms with Gasteiger partial charge in [0.25, 0.3) is 0 Å². The second-order valence-corrected chi connectivity index (χ2v) is 7.28. The smallest absolute Gasteiger partial charge is 0.156 e. The van der Waals surface area contributed by atoms with Crippen molar-refractivity contribution in [3.63, 3.8) is 0 Å². The van der Waals surface area contributed by atoms with Crippen molar-refractivity contribution < 1.29 is 23.6 Å². The summed E-state index contributed by atoms with van der Waals surface area (Å²) in [5.41, 5.74) is 0. The van der Waals surface area contributed by atoms with Crippen LogP contribution in [-0.4, -0.2) is 50.0 Å². The van der Waals surface area contributed by atoms with E-state index in [1.54, 1.807) is 17.1 Å². The predicted octanol–water partition coefficient (Wildman–Crippen LogP) is -2.39. The molecule has 1 aliphatic rings. The normalized spacial score (nSPS) is 25.4. The van der Waals surface area contributed by atoms with Gasteiger partial charge in [-0.25, -0.2) is 8.42 Å². The second kappa shape index (κ2) is 5.88. The lowest BCUT2D eigenvalue weighted by Gasteiger charge is -2.19. The predicted molar refractivity (Wildman–Crippen MR) is 60.8 cm³/mol. The molecule has 2 N–H and O–H groups in total. The fourth-order valence-corrected chi connectivity index (χ4v) is 4.09.